The Labute approximate surface area is 158 Å². The zero-order chi connectivity index (χ0) is 21.4. The number of pyridine rings is 1. The molecule has 0 saturated heterocycles. The number of hydrogen-bond donors (Lipinski definition) is 2. The maximum absolute atomic E-state index is 13.5. The number of nitrogens with one attached hydrogen (secondary N) is 1. The highest BCUT2D eigenvalue weighted by Crippen LogP contribution is 2.36. The van der Waals surface area contributed by atoms with Gasteiger partial charge in [-0.05, 0) is 23.8 Å². The first-order valence-electron chi connectivity index (χ1n) is 7.88. The fourth-order valence-electron chi connectivity index (χ4n) is 2.46. The van der Waals surface area contributed by atoms with Crippen molar-refractivity contribution in [2.24, 2.45) is 0 Å². The summed E-state index contributed by atoms with van der Waals surface area (Å²) < 4.78 is 94.3. The Bertz CT molecular complexity index is 1030. The van der Waals surface area contributed by atoms with Crippen LogP contribution in [0.5, 0.6) is 11.6 Å². The number of alkyl halides is 6. The number of aromatic nitrogens is 2. The van der Waals surface area contributed by atoms with Gasteiger partial charge in [0, 0.05) is 18.5 Å². The molecule has 0 fully saturated rings. The molecule has 0 aliphatic heterocycles. The smallest absolute Gasteiger partial charge is 0.419 e. The van der Waals surface area contributed by atoms with Gasteiger partial charge in [0.05, 0.1) is 22.4 Å². The minimum absolute atomic E-state index is 0.0200. The Morgan fingerprint density at radius 2 is 1.72 bits per heavy atom. The number of hydrogen-bond acceptors (Lipinski definition) is 3. The molecule has 1 aromatic carbocycles. The second kappa shape index (κ2) is 7.30. The van der Waals surface area contributed by atoms with E-state index in [0.29, 0.717) is 12.1 Å². The van der Waals surface area contributed by atoms with Gasteiger partial charge in [-0.1, -0.05) is 6.07 Å². The van der Waals surface area contributed by atoms with E-state index in [0.717, 1.165) is 30.6 Å². The van der Waals surface area contributed by atoms with Gasteiger partial charge < -0.3 is 14.8 Å². The Kier molecular flexibility index (Phi) is 5.16. The van der Waals surface area contributed by atoms with Crippen LogP contribution in [0.3, 0.4) is 0 Å². The summed E-state index contributed by atoms with van der Waals surface area (Å²) in [7, 11) is 0. The predicted octanol–water partition coefficient (Wildman–Crippen LogP) is 5.54. The van der Waals surface area contributed by atoms with E-state index in [-0.39, 0.29) is 29.3 Å². The normalized spacial score (nSPS) is 12.2. The van der Waals surface area contributed by atoms with Crippen molar-refractivity contribution in [3.05, 3.63) is 65.2 Å². The molecular weight excluding hydrogens is 409 g/mol. The molecule has 2 aromatic heterocycles. The summed E-state index contributed by atoms with van der Waals surface area (Å²) in [6, 6.07) is 4.07. The van der Waals surface area contributed by atoms with Crippen molar-refractivity contribution in [1.82, 2.24) is 9.97 Å². The molecule has 3 rings (SSSR count). The molecule has 2 N–H and O–H groups in total. The fourth-order valence-corrected chi connectivity index (χ4v) is 2.46. The molecule has 154 valence electrons. The summed E-state index contributed by atoms with van der Waals surface area (Å²) in [5.41, 5.74) is -2.31. The molecule has 11 heteroatoms. The summed E-state index contributed by atoms with van der Waals surface area (Å²) in [5.74, 6) is -2.06. The largest absolute Gasteiger partial charge is 0.507 e. The third-order valence-corrected chi connectivity index (χ3v) is 3.88. The van der Waals surface area contributed by atoms with Crippen LogP contribution in [0.2, 0.25) is 0 Å². The fraction of sp³-hybridized carbons (Fsp3) is 0.167. The number of H-pyrrole nitrogens is 1. The first-order chi connectivity index (χ1) is 13.4. The van der Waals surface area contributed by atoms with E-state index in [1.807, 2.05) is 0 Å². The monoisotopic (exact) mass is 420 g/mol. The zero-order valence-corrected chi connectivity index (χ0v) is 14.2. The summed E-state index contributed by atoms with van der Waals surface area (Å²) >= 11 is 0. The van der Waals surface area contributed by atoms with Crippen LogP contribution in [0.1, 0.15) is 16.7 Å². The second-order valence-corrected chi connectivity index (χ2v) is 5.94. The van der Waals surface area contributed by atoms with E-state index in [4.69, 9.17) is 4.74 Å². The zero-order valence-electron chi connectivity index (χ0n) is 14.2. The summed E-state index contributed by atoms with van der Waals surface area (Å²) in [6.45, 7) is -0.346. The van der Waals surface area contributed by atoms with Crippen LogP contribution in [-0.2, 0) is 19.0 Å². The average Bonchev–Trinajstić information content (AvgIpc) is 3.09. The minimum atomic E-state index is -4.82. The lowest BCUT2D eigenvalue weighted by Gasteiger charge is -2.11. The third-order valence-electron chi connectivity index (χ3n) is 3.88. The first-order valence-corrected chi connectivity index (χ1v) is 7.88. The van der Waals surface area contributed by atoms with E-state index in [1.165, 1.54) is 0 Å². The van der Waals surface area contributed by atoms with Gasteiger partial charge in [0.25, 0.3) is 0 Å². The molecule has 0 unspecified atom stereocenters. The molecule has 2 heterocycles. The highest BCUT2D eigenvalue weighted by atomic mass is 19.4. The van der Waals surface area contributed by atoms with Crippen LogP contribution < -0.4 is 4.74 Å². The number of aromatic hydroxyl groups is 1. The van der Waals surface area contributed by atoms with Crippen LogP contribution in [-0.4, -0.2) is 15.1 Å². The standard InChI is InChI=1S/C18H11F7N2O2/c19-13-3-9(1-2-12(13)18(23,24)25)8-29-16-5-15(28)11(7-27-16)14-4-10(6-26-14)17(20,21)22/h1-7,26H,8H2,(H,27,28). The van der Waals surface area contributed by atoms with Gasteiger partial charge in [-0.3, -0.25) is 0 Å². The Morgan fingerprint density at radius 1 is 1.00 bits per heavy atom. The van der Waals surface area contributed by atoms with Crippen molar-refractivity contribution in [2.45, 2.75) is 19.0 Å². The highest BCUT2D eigenvalue weighted by molar-refractivity contribution is 5.67. The lowest BCUT2D eigenvalue weighted by molar-refractivity contribution is -0.140. The topological polar surface area (TPSA) is 58.1 Å². The number of halogens is 7. The summed E-state index contributed by atoms with van der Waals surface area (Å²) in [5, 5.41) is 10.0. The van der Waals surface area contributed by atoms with Gasteiger partial charge in [-0.15, -0.1) is 0 Å². The van der Waals surface area contributed by atoms with E-state index < -0.39 is 35.0 Å². The van der Waals surface area contributed by atoms with Crippen LogP contribution in [0, 0.1) is 5.82 Å². The molecule has 3 aromatic rings. The second-order valence-electron chi connectivity index (χ2n) is 5.94. The van der Waals surface area contributed by atoms with E-state index >= 15 is 0 Å². The maximum atomic E-state index is 13.5. The SMILES string of the molecule is Oc1cc(OCc2ccc(C(F)(F)F)c(F)c2)ncc1-c1cc(C(F)(F)F)c[nH]1. The molecular formula is C18H11F7N2O2. The minimum Gasteiger partial charge on any atom is -0.507 e. The number of benzene rings is 1. The van der Waals surface area contributed by atoms with Crippen molar-refractivity contribution in [3.8, 4) is 22.9 Å². The quantitative estimate of drug-likeness (QED) is 0.545. The summed E-state index contributed by atoms with van der Waals surface area (Å²) in [6.07, 6.45) is -7.59. The highest BCUT2D eigenvalue weighted by Gasteiger charge is 2.34. The lowest BCUT2D eigenvalue weighted by atomic mass is 10.1. The van der Waals surface area contributed by atoms with Gasteiger partial charge in [0.2, 0.25) is 5.88 Å². The van der Waals surface area contributed by atoms with Crippen LogP contribution in [0.15, 0.2) is 42.7 Å². The number of aromatic amines is 1. The Hall–Kier alpha value is -3.24. The van der Waals surface area contributed by atoms with E-state index in [9.17, 15) is 35.8 Å². The van der Waals surface area contributed by atoms with E-state index in [1.54, 1.807) is 0 Å². The number of rotatable bonds is 4. The number of nitrogens with zero attached hydrogens (tertiary/aromatic N) is 1. The Balaban J connectivity index is 1.73. The lowest BCUT2D eigenvalue weighted by Crippen LogP contribution is -2.09. The average molecular weight is 420 g/mol. The van der Waals surface area contributed by atoms with Crippen molar-refractivity contribution in [2.75, 3.05) is 0 Å². The van der Waals surface area contributed by atoms with Gasteiger partial charge >= 0.3 is 12.4 Å². The predicted molar refractivity (Wildman–Crippen MR) is 86.4 cm³/mol. The first kappa shape index (κ1) is 20.5. The van der Waals surface area contributed by atoms with Crippen molar-refractivity contribution < 1.29 is 40.6 Å². The van der Waals surface area contributed by atoms with E-state index in [2.05, 4.69) is 9.97 Å². The molecule has 29 heavy (non-hydrogen) atoms. The van der Waals surface area contributed by atoms with Crippen molar-refractivity contribution in [3.63, 3.8) is 0 Å². The molecule has 0 aliphatic rings. The molecule has 0 amide bonds. The van der Waals surface area contributed by atoms with Crippen LogP contribution in [0.25, 0.3) is 11.3 Å². The van der Waals surface area contributed by atoms with Crippen molar-refractivity contribution >= 4 is 0 Å². The maximum Gasteiger partial charge on any atom is 0.419 e. The number of ether oxygens (including phenoxy) is 1. The molecule has 0 aliphatic carbocycles. The Morgan fingerprint density at radius 3 is 2.28 bits per heavy atom. The molecule has 0 atom stereocenters. The van der Waals surface area contributed by atoms with Gasteiger partial charge in [-0.2, -0.15) is 26.3 Å². The third kappa shape index (κ3) is 4.61. The van der Waals surface area contributed by atoms with Gasteiger partial charge in [-0.25, -0.2) is 9.37 Å². The molecule has 0 spiro atoms. The van der Waals surface area contributed by atoms with Crippen LogP contribution in [0.4, 0.5) is 30.7 Å². The molecule has 4 nitrogen and oxygen atoms in total. The molecule has 0 bridgehead atoms. The van der Waals surface area contributed by atoms with Gasteiger partial charge in [0.1, 0.15) is 18.2 Å². The van der Waals surface area contributed by atoms with Gasteiger partial charge in [0.15, 0.2) is 0 Å². The summed E-state index contributed by atoms with van der Waals surface area (Å²) in [4.78, 5) is 6.20. The van der Waals surface area contributed by atoms with Crippen LogP contribution >= 0.6 is 0 Å². The molecule has 0 radical (unpaired) electrons. The van der Waals surface area contributed by atoms with Crippen molar-refractivity contribution in [1.29, 1.82) is 0 Å². The molecule has 0 saturated carbocycles.